The Morgan fingerprint density at radius 3 is 2.28 bits per heavy atom. The summed E-state index contributed by atoms with van der Waals surface area (Å²) in [6.07, 6.45) is 4.72. The highest BCUT2D eigenvalue weighted by Gasteiger charge is 2.48. The van der Waals surface area contributed by atoms with E-state index in [0.717, 1.165) is 29.5 Å². The molecule has 0 saturated heterocycles. The van der Waals surface area contributed by atoms with Crippen LogP contribution in [0.1, 0.15) is 51.2 Å². The minimum Gasteiger partial charge on any atom is -0.391 e. The van der Waals surface area contributed by atoms with Crippen molar-refractivity contribution in [3.63, 3.8) is 0 Å². The molecule has 210 valence electrons. The van der Waals surface area contributed by atoms with Crippen molar-refractivity contribution >= 4 is 11.8 Å². The Morgan fingerprint density at radius 1 is 1.05 bits per heavy atom. The Bertz CT molecular complexity index is 1160. The van der Waals surface area contributed by atoms with Gasteiger partial charge in [-0.3, -0.25) is 9.59 Å². The molecule has 0 bridgehead atoms. The smallest absolute Gasteiger partial charge is 0.249 e. The van der Waals surface area contributed by atoms with Crippen LogP contribution in [-0.2, 0) is 22.6 Å². The molecule has 0 spiro atoms. The average molecular weight is 536 g/mol. The second kappa shape index (κ2) is 14.2. The van der Waals surface area contributed by atoms with E-state index in [1.807, 2.05) is 68.2 Å². The Morgan fingerprint density at radius 2 is 1.69 bits per heavy atom. The van der Waals surface area contributed by atoms with Gasteiger partial charge in [-0.1, -0.05) is 74.0 Å². The first-order valence-electron chi connectivity index (χ1n) is 13.9. The van der Waals surface area contributed by atoms with E-state index in [-0.39, 0.29) is 31.1 Å². The number of aliphatic hydroxyl groups excluding tert-OH is 1. The number of aliphatic hydroxyl groups is 1. The van der Waals surface area contributed by atoms with Gasteiger partial charge in [0.2, 0.25) is 11.8 Å². The van der Waals surface area contributed by atoms with Crippen molar-refractivity contribution in [2.75, 3.05) is 19.6 Å². The summed E-state index contributed by atoms with van der Waals surface area (Å²) >= 11 is 0. The lowest BCUT2D eigenvalue weighted by Crippen LogP contribution is -2.51. The van der Waals surface area contributed by atoms with Crippen molar-refractivity contribution in [3.05, 3.63) is 94.8 Å². The third kappa shape index (κ3) is 7.87. The van der Waals surface area contributed by atoms with Gasteiger partial charge >= 0.3 is 0 Å². The van der Waals surface area contributed by atoms with Crippen LogP contribution in [0.5, 0.6) is 0 Å². The van der Waals surface area contributed by atoms with E-state index in [2.05, 4.69) is 5.32 Å². The number of nitrogens with zero attached hydrogens (tertiary/aromatic N) is 1. The van der Waals surface area contributed by atoms with Crippen LogP contribution in [0, 0.1) is 17.2 Å². The zero-order valence-electron chi connectivity index (χ0n) is 23.3. The van der Waals surface area contributed by atoms with Crippen molar-refractivity contribution in [2.45, 2.75) is 59.1 Å². The first-order chi connectivity index (χ1) is 18.7. The molecule has 0 aliphatic heterocycles. The molecule has 1 aliphatic carbocycles. The first kappa shape index (κ1) is 30.3. The van der Waals surface area contributed by atoms with Crippen LogP contribution < -0.4 is 11.1 Å². The van der Waals surface area contributed by atoms with Gasteiger partial charge in [-0.05, 0) is 55.9 Å². The number of allylic oxidation sites excluding steroid dienone is 2. The van der Waals surface area contributed by atoms with Crippen molar-refractivity contribution in [3.8, 4) is 0 Å². The van der Waals surface area contributed by atoms with Gasteiger partial charge in [-0.15, -0.1) is 0 Å². The molecule has 2 amide bonds. The minimum atomic E-state index is -1.30. The maximum Gasteiger partial charge on any atom is 0.249 e. The number of hydrogen-bond acceptors (Lipinski definition) is 4. The summed E-state index contributed by atoms with van der Waals surface area (Å²) in [4.78, 5) is 28.8. The average Bonchev–Trinajstić information content (AvgIpc) is 2.92. The van der Waals surface area contributed by atoms with Crippen LogP contribution in [-0.4, -0.2) is 47.6 Å². The molecule has 0 saturated carbocycles. The van der Waals surface area contributed by atoms with Crippen molar-refractivity contribution in [1.29, 1.82) is 0 Å². The monoisotopic (exact) mass is 535 g/mol. The molecule has 1 aliphatic rings. The molecule has 6 nitrogen and oxygen atoms in total. The number of nitrogens with two attached hydrogens (primary N) is 1. The van der Waals surface area contributed by atoms with Gasteiger partial charge in [-0.2, -0.15) is 0 Å². The topological polar surface area (TPSA) is 95.7 Å². The lowest BCUT2D eigenvalue weighted by molar-refractivity contribution is -0.132. The Balaban J connectivity index is 1.95. The molecular formula is C32H42FN3O3. The Labute approximate surface area is 231 Å². The van der Waals surface area contributed by atoms with Crippen LogP contribution in [0.15, 0.2) is 77.9 Å². The number of hydrogen-bond donors (Lipinski definition) is 3. The van der Waals surface area contributed by atoms with Gasteiger partial charge < -0.3 is 21.1 Å². The van der Waals surface area contributed by atoms with Gasteiger partial charge in [0.25, 0.3) is 0 Å². The Kier molecular flexibility index (Phi) is 11.0. The fourth-order valence-electron chi connectivity index (χ4n) is 5.55. The lowest BCUT2D eigenvalue weighted by Gasteiger charge is -2.42. The summed E-state index contributed by atoms with van der Waals surface area (Å²) in [7, 11) is 0. The fraction of sp³-hybridized carbons (Fsp3) is 0.438. The largest absolute Gasteiger partial charge is 0.391 e. The van der Waals surface area contributed by atoms with E-state index in [9.17, 15) is 19.1 Å². The number of rotatable bonds is 14. The third-order valence-corrected chi connectivity index (χ3v) is 7.40. The summed E-state index contributed by atoms with van der Waals surface area (Å²) < 4.78 is 13.7. The van der Waals surface area contributed by atoms with Crippen LogP contribution >= 0.6 is 0 Å². The molecule has 39 heavy (non-hydrogen) atoms. The molecule has 2 aromatic rings. The van der Waals surface area contributed by atoms with E-state index in [1.54, 1.807) is 12.1 Å². The maximum atomic E-state index is 13.7. The molecule has 3 atom stereocenters. The van der Waals surface area contributed by atoms with Gasteiger partial charge in [0.1, 0.15) is 5.82 Å². The zero-order chi connectivity index (χ0) is 28.4. The predicted octanol–water partition coefficient (Wildman–Crippen LogP) is 4.53. The first-order valence-corrected chi connectivity index (χ1v) is 13.9. The minimum absolute atomic E-state index is 0.101. The number of carbonyl (C=O) groups excluding carboxylic acids is 2. The molecule has 0 fully saturated rings. The number of nitrogens with one attached hydrogen (secondary N) is 1. The SMILES string of the molecule is CCCN(CCC)C(=O)C1=CC(C)=CC(C(N)=O)([C@H](Cc2ccc(F)cc2)[C@@H](O)CNCc2ccccc2)C1. The zero-order valence-corrected chi connectivity index (χ0v) is 23.3. The number of benzene rings is 2. The second-order valence-corrected chi connectivity index (χ2v) is 10.6. The summed E-state index contributed by atoms with van der Waals surface area (Å²) in [6, 6.07) is 15.9. The van der Waals surface area contributed by atoms with Gasteiger partial charge in [0.15, 0.2) is 0 Å². The number of carbonyl (C=O) groups is 2. The molecule has 3 rings (SSSR count). The van der Waals surface area contributed by atoms with Crippen molar-refractivity contribution in [2.24, 2.45) is 17.1 Å². The number of amides is 2. The van der Waals surface area contributed by atoms with E-state index >= 15 is 0 Å². The number of halogens is 1. The summed E-state index contributed by atoms with van der Waals surface area (Å²) in [5, 5.41) is 14.9. The summed E-state index contributed by atoms with van der Waals surface area (Å²) in [5.74, 6) is -1.71. The van der Waals surface area contributed by atoms with E-state index in [0.29, 0.717) is 25.2 Å². The highest BCUT2D eigenvalue weighted by molar-refractivity contribution is 5.96. The van der Waals surface area contributed by atoms with Crippen LogP contribution in [0.25, 0.3) is 0 Å². The molecule has 0 aromatic heterocycles. The molecule has 4 N–H and O–H groups in total. The van der Waals surface area contributed by atoms with Crippen LogP contribution in [0.2, 0.25) is 0 Å². The quantitative estimate of drug-likeness (QED) is 0.331. The summed E-state index contributed by atoms with van der Waals surface area (Å²) in [5.41, 5.74) is 7.95. The molecule has 1 unspecified atom stereocenters. The molecule has 7 heteroatoms. The Hall–Kier alpha value is -3.29. The molecule has 0 radical (unpaired) electrons. The highest BCUT2D eigenvalue weighted by atomic mass is 19.1. The molecular weight excluding hydrogens is 493 g/mol. The fourth-order valence-corrected chi connectivity index (χ4v) is 5.55. The maximum absolute atomic E-state index is 13.7. The van der Waals surface area contributed by atoms with Crippen LogP contribution in [0.4, 0.5) is 4.39 Å². The third-order valence-electron chi connectivity index (χ3n) is 7.40. The van der Waals surface area contributed by atoms with Crippen LogP contribution in [0.3, 0.4) is 0 Å². The lowest BCUT2D eigenvalue weighted by atomic mass is 9.63. The van der Waals surface area contributed by atoms with E-state index in [1.165, 1.54) is 12.1 Å². The van der Waals surface area contributed by atoms with Crippen molar-refractivity contribution < 1.29 is 19.1 Å². The second-order valence-electron chi connectivity index (χ2n) is 10.6. The van der Waals surface area contributed by atoms with Gasteiger partial charge in [0.05, 0.1) is 11.5 Å². The van der Waals surface area contributed by atoms with E-state index in [4.69, 9.17) is 5.73 Å². The number of primary amides is 1. The predicted molar refractivity (Wildman–Crippen MR) is 153 cm³/mol. The molecule has 0 heterocycles. The standard InChI is InChI=1S/C32H42FN3O3/c1-4-15-36(16-5-2)30(38)26-17-23(3)19-32(20-26,31(34)39)28(18-24-11-13-27(33)14-12-24)29(37)22-35-21-25-9-7-6-8-10-25/h6-14,17,19,28-29,35,37H,4-5,15-16,18,20-22H2,1-3H3,(H2,34,39)/t28-,29+,32?/m1/s1. The van der Waals surface area contributed by atoms with Gasteiger partial charge in [0, 0.05) is 37.7 Å². The van der Waals surface area contributed by atoms with Gasteiger partial charge in [-0.25, -0.2) is 4.39 Å². The van der Waals surface area contributed by atoms with E-state index < -0.39 is 23.3 Å². The highest BCUT2D eigenvalue weighted by Crippen LogP contribution is 2.44. The van der Waals surface area contributed by atoms with Crippen molar-refractivity contribution in [1.82, 2.24) is 10.2 Å². The molecule has 2 aromatic carbocycles. The summed E-state index contributed by atoms with van der Waals surface area (Å²) in [6.45, 7) is 7.93. The normalized spacial score (nSPS) is 18.6.